The Morgan fingerprint density at radius 3 is 3.00 bits per heavy atom. The van der Waals surface area contributed by atoms with E-state index in [0.29, 0.717) is 26.2 Å². The summed E-state index contributed by atoms with van der Waals surface area (Å²) in [6, 6.07) is 1.32. The summed E-state index contributed by atoms with van der Waals surface area (Å²) < 4.78 is 7.51. The summed E-state index contributed by atoms with van der Waals surface area (Å²) >= 11 is 0. The zero-order valence-electron chi connectivity index (χ0n) is 12.7. The third kappa shape index (κ3) is 3.67. The van der Waals surface area contributed by atoms with Gasteiger partial charge in [-0.05, 0) is 12.5 Å². The highest BCUT2D eigenvalue weighted by molar-refractivity contribution is 6.04. The normalized spacial score (nSPS) is 22.2. The highest BCUT2D eigenvalue weighted by atomic mass is 16.5. The zero-order valence-corrected chi connectivity index (χ0v) is 12.7. The van der Waals surface area contributed by atoms with E-state index < -0.39 is 6.03 Å². The lowest BCUT2D eigenvalue weighted by Gasteiger charge is -2.25. The molecule has 1 aromatic rings. The molecule has 1 atom stereocenters. The van der Waals surface area contributed by atoms with Crippen LogP contribution in [0.15, 0.2) is 18.5 Å². The molecular formula is C14H19N5O4. The molecule has 0 spiro atoms. The molecule has 0 aliphatic carbocycles. The van der Waals surface area contributed by atoms with E-state index in [9.17, 15) is 14.4 Å². The van der Waals surface area contributed by atoms with Gasteiger partial charge in [0, 0.05) is 32.1 Å². The summed E-state index contributed by atoms with van der Waals surface area (Å²) in [6.45, 7) is 1.83. The Kier molecular flexibility index (Phi) is 4.56. The maximum atomic E-state index is 12.4. The molecule has 23 heavy (non-hydrogen) atoms. The molecule has 9 nitrogen and oxygen atoms in total. The molecule has 0 radical (unpaired) electrons. The Hall–Kier alpha value is -2.42. The van der Waals surface area contributed by atoms with Crippen LogP contribution in [0.4, 0.5) is 4.79 Å². The standard InChI is InChI=1S/C14H19N5O4/c20-12-7-15-14(22)19(12)10-13(21)17-4-2-6-23-11(8-17)9-18-5-1-3-16-18/h1,3,5,11H,2,4,6-10H2,(H,15,22)/t11-/m1/s1. The minimum atomic E-state index is -0.512. The third-order valence-corrected chi connectivity index (χ3v) is 3.88. The first-order valence-corrected chi connectivity index (χ1v) is 7.58. The van der Waals surface area contributed by atoms with Gasteiger partial charge in [0.2, 0.25) is 5.91 Å². The number of nitrogens with one attached hydrogen (secondary N) is 1. The predicted molar refractivity (Wildman–Crippen MR) is 78.3 cm³/mol. The number of carbonyl (C=O) groups excluding carboxylic acids is 3. The van der Waals surface area contributed by atoms with Crippen LogP contribution >= 0.6 is 0 Å². The highest BCUT2D eigenvalue weighted by Crippen LogP contribution is 2.10. The third-order valence-electron chi connectivity index (χ3n) is 3.88. The van der Waals surface area contributed by atoms with Crippen molar-refractivity contribution in [3.8, 4) is 0 Å². The minimum absolute atomic E-state index is 0.0445. The molecule has 3 heterocycles. The molecule has 0 saturated carbocycles. The fraction of sp³-hybridized carbons (Fsp3) is 0.571. The van der Waals surface area contributed by atoms with Gasteiger partial charge < -0.3 is 15.0 Å². The molecule has 9 heteroatoms. The second kappa shape index (κ2) is 6.78. The number of urea groups is 1. The summed E-state index contributed by atoms with van der Waals surface area (Å²) in [4.78, 5) is 38.1. The van der Waals surface area contributed by atoms with Gasteiger partial charge in [0.1, 0.15) is 6.54 Å². The predicted octanol–water partition coefficient (Wildman–Crippen LogP) is -0.948. The Morgan fingerprint density at radius 1 is 1.43 bits per heavy atom. The van der Waals surface area contributed by atoms with Crippen LogP contribution in [0.25, 0.3) is 0 Å². The number of imide groups is 1. The van der Waals surface area contributed by atoms with Crippen molar-refractivity contribution in [1.29, 1.82) is 0 Å². The van der Waals surface area contributed by atoms with Gasteiger partial charge in [-0.3, -0.25) is 19.2 Å². The smallest absolute Gasteiger partial charge is 0.325 e. The van der Waals surface area contributed by atoms with Gasteiger partial charge in [-0.25, -0.2) is 4.79 Å². The number of rotatable bonds is 4. The number of ether oxygens (including phenoxy) is 1. The van der Waals surface area contributed by atoms with Crippen molar-refractivity contribution < 1.29 is 19.1 Å². The molecule has 2 aliphatic rings. The number of amides is 4. The Bertz CT molecular complexity index is 572. The summed E-state index contributed by atoms with van der Waals surface area (Å²) in [7, 11) is 0. The first-order valence-electron chi connectivity index (χ1n) is 7.58. The van der Waals surface area contributed by atoms with E-state index in [4.69, 9.17) is 4.74 Å². The molecule has 1 N–H and O–H groups in total. The molecule has 2 saturated heterocycles. The molecule has 0 unspecified atom stereocenters. The first kappa shape index (κ1) is 15.5. The number of nitrogens with zero attached hydrogens (tertiary/aromatic N) is 4. The zero-order chi connectivity index (χ0) is 16.2. The monoisotopic (exact) mass is 321 g/mol. The number of carbonyl (C=O) groups is 3. The average Bonchev–Trinajstić information content (AvgIpc) is 3.06. The molecule has 4 amide bonds. The van der Waals surface area contributed by atoms with Crippen LogP contribution < -0.4 is 5.32 Å². The maximum Gasteiger partial charge on any atom is 0.325 e. The summed E-state index contributed by atoms with van der Waals surface area (Å²) in [5.74, 6) is -0.617. The average molecular weight is 321 g/mol. The van der Waals surface area contributed by atoms with E-state index in [1.54, 1.807) is 15.8 Å². The minimum Gasteiger partial charge on any atom is -0.374 e. The Balaban J connectivity index is 1.60. The van der Waals surface area contributed by atoms with Crippen LogP contribution in [0.3, 0.4) is 0 Å². The number of hydrogen-bond acceptors (Lipinski definition) is 5. The summed E-state index contributed by atoms with van der Waals surface area (Å²) in [6.07, 6.45) is 4.09. The first-order chi connectivity index (χ1) is 11.1. The van der Waals surface area contributed by atoms with Gasteiger partial charge in [0.05, 0.1) is 19.2 Å². The van der Waals surface area contributed by atoms with Crippen LogP contribution in [-0.2, 0) is 20.9 Å². The SMILES string of the molecule is O=C(CN1C(=O)CNC1=O)N1CCCO[C@@H](Cn2cccn2)C1. The van der Waals surface area contributed by atoms with Gasteiger partial charge in [0.25, 0.3) is 5.91 Å². The van der Waals surface area contributed by atoms with Crippen LogP contribution in [0.5, 0.6) is 0 Å². The lowest BCUT2D eigenvalue weighted by atomic mass is 10.3. The summed E-state index contributed by atoms with van der Waals surface area (Å²) in [5.41, 5.74) is 0. The molecule has 0 aromatic carbocycles. The molecule has 3 rings (SSSR count). The van der Waals surface area contributed by atoms with Crippen LogP contribution in [0, 0.1) is 0 Å². The highest BCUT2D eigenvalue weighted by Gasteiger charge is 2.32. The molecule has 2 aliphatic heterocycles. The van der Waals surface area contributed by atoms with Crippen LogP contribution in [-0.4, -0.2) is 76.3 Å². The molecule has 2 fully saturated rings. The van der Waals surface area contributed by atoms with E-state index in [-0.39, 0.29) is 31.0 Å². The Morgan fingerprint density at radius 2 is 2.30 bits per heavy atom. The molecule has 1 aromatic heterocycles. The van der Waals surface area contributed by atoms with Crippen molar-refractivity contribution in [2.75, 3.05) is 32.8 Å². The topological polar surface area (TPSA) is 96.8 Å². The summed E-state index contributed by atoms with van der Waals surface area (Å²) in [5, 5.41) is 6.55. The second-order valence-corrected chi connectivity index (χ2v) is 5.55. The van der Waals surface area contributed by atoms with Crippen molar-refractivity contribution in [2.24, 2.45) is 0 Å². The second-order valence-electron chi connectivity index (χ2n) is 5.55. The van der Waals surface area contributed by atoms with Crippen molar-refractivity contribution in [3.05, 3.63) is 18.5 Å². The molecule has 0 bridgehead atoms. The van der Waals surface area contributed by atoms with E-state index in [0.717, 1.165) is 11.3 Å². The largest absolute Gasteiger partial charge is 0.374 e. The van der Waals surface area contributed by atoms with Crippen molar-refractivity contribution >= 4 is 17.8 Å². The van der Waals surface area contributed by atoms with Crippen molar-refractivity contribution in [3.63, 3.8) is 0 Å². The fourth-order valence-electron chi connectivity index (χ4n) is 2.70. The number of aromatic nitrogens is 2. The molecular weight excluding hydrogens is 302 g/mol. The maximum absolute atomic E-state index is 12.4. The van der Waals surface area contributed by atoms with Gasteiger partial charge >= 0.3 is 6.03 Å². The van der Waals surface area contributed by atoms with Gasteiger partial charge in [-0.15, -0.1) is 0 Å². The molecule has 124 valence electrons. The van der Waals surface area contributed by atoms with Crippen molar-refractivity contribution in [2.45, 2.75) is 19.1 Å². The van der Waals surface area contributed by atoms with E-state index in [1.165, 1.54) is 0 Å². The lowest BCUT2D eigenvalue weighted by Crippen LogP contribution is -2.45. The van der Waals surface area contributed by atoms with E-state index >= 15 is 0 Å². The fourth-order valence-corrected chi connectivity index (χ4v) is 2.70. The van der Waals surface area contributed by atoms with Crippen molar-refractivity contribution in [1.82, 2.24) is 24.9 Å². The van der Waals surface area contributed by atoms with Crippen LogP contribution in [0.1, 0.15) is 6.42 Å². The van der Waals surface area contributed by atoms with Gasteiger partial charge in [-0.2, -0.15) is 5.10 Å². The lowest BCUT2D eigenvalue weighted by molar-refractivity contribution is -0.137. The van der Waals surface area contributed by atoms with Gasteiger partial charge in [0.15, 0.2) is 0 Å². The van der Waals surface area contributed by atoms with Gasteiger partial charge in [-0.1, -0.05) is 0 Å². The number of hydrogen-bond donors (Lipinski definition) is 1. The quantitative estimate of drug-likeness (QED) is 0.722. The van der Waals surface area contributed by atoms with E-state index in [1.807, 2.05) is 12.3 Å². The Labute approximate surface area is 133 Å². The van der Waals surface area contributed by atoms with Crippen LogP contribution in [0.2, 0.25) is 0 Å². The van der Waals surface area contributed by atoms with E-state index in [2.05, 4.69) is 10.4 Å².